The Morgan fingerprint density at radius 2 is 1.82 bits per heavy atom. The number of hydrogen-bond donors (Lipinski definition) is 1. The van der Waals surface area contributed by atoms with Crippen molar-refractivity contribution in [2.24, 2.45) is 0 Å². The molecule has 0 aliphatic rings. The summed E-state index contributed by atoms with van der Waals surface area (Å²) >= 11 is 0. The molecule has 1 atom stereocenters. The number of rotatable bonds is 3. The van der Waals surface area contributed by atoms with Crippen molar-refractivity contribution in [3.8, 4) is 0 Å². The summed E-state index contributed by atoms with van der Waals surface area (Å²) < 4.78 is 59.9. The average molecular weight is 311 g/mol. The lowest BCUT2D eigenvalue weighted by Crippen LogP contribution is -2.25. The second-order valence-electron chi connectivity index (χ2n) is 4.68. The fraction of sp³-hybridized carbons (Fsp3) is 0.133. The summed E-state index contributed by atoms with van der Waals surface area (Å²) in [5.74, 6) is -7.22. The van der Waals surface area contributed by atoms with Gasteiger partial charge in [-0.05, 0) is 18.2 Å². The minimum absolute atomic E-state index is 0.115. The third-order valence-electron chi connectivity index (χ3n) is 3.18. The first-order valence-electron chi connectivity index (χ1n) is 6.26. The highest BCUT2D eigenvalue weighted by atomic mass is 19.3. The summed E-state index contributed by atoms with van der Waals surface area (Å²) in [5.41, 5.74) is -0.443. The van der Waals surface area contributed by atoms with Crippen molar-refractivity contribution in [3.05, 3.63) is 65.6 Å². The van der Waals surface area contributed by atoms with Crippen LogP contribution in [0.4, 0.5) is 17.6 Å². The maximum atomic E-state index is 14.3. The van der Waals surface area contributed by atoms with E-state index in [4.69, 9.17) is 4.42 Å². The van der Waals surface area contributed by atoms with Crippen LogP contribution in [0.2, 0.25) is 0 Å². The molecule has 3 rings (SSSR count). The zero-order chi connectivity index (χ0) is 15.9. The van der Waals surface area contributed by atoms with Crippen molar-refractivity contribution in [3.63, 3.8) is 0 Å². The largest absolute Gasteiger partial charge is 0.435 e. The van der Waals surface area contributed by atoms with Crippen LogP contribution in [0.3, 0.4) is 0 Å². The standard InChI is InChI=1S/C15H9F4NO2/c16-8-5-6-9(10(17)7-8)13(21)15(18,19)14-20-11-3-1-2-4-12(11)22-14/h1-7,13,21H. The van der Waals surface area contributed by atoms with Crippen molar-refractivity contribution in [1.82, 2.24) is 4.98 Å². The van der Waals surface area contributed by atoms with Crippen LogP contribution >= 0.6 is 0 Å². The molecule has 0 amide bonds. The van der Waals surface area contributed by atoms with Crippen LogP contribution in [0, 0.1) is 11.6 Å². The lowest BCUT2D eigenvalue weighted by atomic mass is 10.0. The Balaban J connectivity index is 2.03. The zero-order valence-electron chi connectivity index (χ0n) is 10.9. The van der Waals surface area contributed by atoms with Gasteiger partial charge in [0.15, 0.2) is 11.7 Å². The number of alkyl halides is 2. The van der Waals surface area contributed by atoms with E-state index in [2.05, 4.69) is 4.98 Å². The Hall–Kier alpha value is -2.41. The van der Waals surface area contributed by atoms with Gasteiger partial charge in [0.25, 0.3) is 5.89 Å². The number of aliphatic hydroxyl groups is 1. The topological polar surface area (TPSA) is 46.3 Å². The molecule has 3 aromatic rings. The summed E-state index contributed by atoms with van der Waals surface area (Å²) in [5, 5.41) is 9.79. The van der Waals surface area contributed by atoms with Gasteiger partial charge in [0.2, 0.25) is 0 Å². The fourth-order valence-electron chi connectivity index (χ4n) is 2.05. The van der Waals surface area contributed by atoms with Crippen LogP contribution in [0.25, 0.3) is 11.1 Å². The minimum atomic E-state index is -3.97. The molecule has 0 aliphatic carbocycles. The zero-order valence-corrected chi connectivity index (χ0v) is 10.9. The van der Waals surface area contributed by atoms with Crippen molar-refractivity contribution in [2.45, 2.75) is 12.0 Å². The number of benzene rings is 2. The molecule has 0 fully saturated rings. The molecule has 0 radical (unpaired) electrons. The van der Waals surface area contributed by atoms with Crippen molar-refractivity contribution in [1.29, 1.82) is 0 Å². The minimum Gasteiger partial charge on any atom is -0.435 e. The number of halogens is 4. The lowest BCUT2D eigenvalue weighted by molar-refractivity contribution is -0.135. The first-order chi connectivity index (χ1) is 10.4. The van der Waals surface area contributed by atoms with Crippen molar-refractivity contribution < 1.29 is 27.1 Å². The van der Waals surface area contributed by atoms with Gasteiger partial charge in [-0.1, -0.05) is 18.2 Å². The van der Waals surface area contributed by atoms with Gasteiger partial charge in [0, 0.05) is 11.6 Å². The van der Waals surface area contributed by atoms with E-state index in [1.807, 2.05) is 0 Å². The van der Waals surface area contributed by atoms with Gasteiger partial charge in [0.1, 0.15) is 17.2 Å². The third kappa shape index (κ3) is 2.33. The van der Waals surface area contributed by atoms with Gasteiger partial charge in [-0.25, -0.2) is 13.8 Å². The number of fused-ring (bicyclic) bond motifs is 1. The van der Waals surface area contributed by atoms with Crippen LogP contribution < -0.4 is 0 Å². The lowest BCUT2D eigenvalue weighted by Gasteiger charge is -2.20. The van der Waals surface area contributed by atoms with E-state index in [0.29, 0.717) is 6.07 Å². The molecule has 2 aromatic carbocycles. The van der Waals surface area contributed by atoms with E-state index in [9.17, 15) is 22.7 Å². The van der Waals surface area contributed by atoms with Crippen LogP contribution in [0.15, 0.2) is 46.9 Å². The summed E-state index contributed by atoms with van der Waals surface area (Å²) in [6.07, 6.45) is -2.55. The van der Waals surface area contributed by atoms with Gasteiger partial charge in [-0.3, -0.25) is 0 Å². The highest BCUT2D eigenvalue weighted by Crippen LogP contribution is 2.41. The van der Waals surface area contributed by atoms with Crippen molar-refractivity contribution >= 4 is 11.1 Å². The molecule has 0 saturated heterocycles. The summed E-state index contributed by atoms with van der Waals surface area (Å²) in [7, 11) is 0. The number of aromatic nitrogens is 1. The van der Waals surface area contributed by atoms with Crippen LogP contribution in [0.1, 0.15) is 17.6 Å². The van der Waals surface area contributed by atoms with Crippen LogP contribution in [-0.2, 0) is 5.92 Å². The molecule has 22 heavy (non-hydrogen) atoms. The van der Waals surface area contributed by atoms with Gasteiger partial charge in [-0.15, -0.1) is 0 Å². The summed E-state index contributed by atoms with van der Waals surface area (Å²) in [4.78, 5) is 3.61. The SMILES string of the molecule is OC(c1ccc(F)cc1F)C(F)(F)c1nc2ccccc2o1. The van der Waals surface area contributed by atoms with E-state index < -0.39 is 35.1 Å². The molecule has 1 unspecified atom stereocenters. The highest BCUT2D eigenvalue weighted by Gasteiger charge is 2.47. The van der Waals surface area contributed by atoms with E-state index in [1.165, 1.54) is 12.1 Å². The summed E-state index contributed by atoms with van der Waals surface area (Å²) in [6.45, 7) is 0. The monoisotopic (exact) mass is 311 g/mol. The second kappa shape index (κ2) is 5.10. The molecule has 0 bridgehead atoms. The predicted octanol–water partition coefficient (Wildman–Crippen LogP) is 3.93. The maximum Gasteiger partial charge on any atom is 0.351 e. The molecular weight excluding hydrogens is 302 g/mol. The predicted molar refractivity (Wildman–Crippen MR) is 69.2 cm³/mol. The van der Waals surface area contributed by atoms with Gasteiger partial charge in [-0.2, -0.15) is 8.78 Å². The van der Waals surface area contributed by atoms with Gasteiger partial charge >= 0.3 is 5.92 Å². The molecule has 0 spiro atoms. The molecule has 3 nitrogen and oxygen atoms in total. The number of para-hydroxylation sites is 2. The van der Waals surface area contributed by atoms with Gasteiger partial charge < -0.3 is 9.52 Å². The Bertz CT molecular complexity index is 798. The number of hydrogen-bond acceptors (Lipinski definition) is 3. The smallest absolute Gasteiger partial charge is 0.351 e. The van der Waals surface area contributed by atoms with Gasteiger partial charge in [0.05, 0.1) is 0 Å². The fourth-order valence-corrected chi connectivity index (χ4v) is 2.05. The van der Waals surface area contributed by atoms with Crippen molar-refractivity contribution in [2.75, 3.05) is 0 Å². The quantitative estimate of drug-likeness (QED) is 0.745. The molecule has 1 aromatic heterocycles. The summed E-state index contributed by atoms with van der Waals surface area (Å²) in [6, 6.07) is 8.01. The first kappa shape index (κ1) is 14.5. The number of oxazole rings is 1. The van der Waals surface area contributed by atoms with Crippen LogP contribution in [0.5, 0.6) is 0 Å². The van der Waals surface area contributed by atoms with E-state index >= 15 is 0 Å². The average Bonchev–Trinajstić information content (AvgIpc) is 2.91. The molecule has 7 heteroatoms. The maximum absolute atomic E-state index is 14.3. The molecule has 0 saturated carbocycles. The molecule has 0 aliphatic heterocycles. The second-order valence-corrected chi connectivity index (χ2v) is 4.68. The third-order valence-corrected chi connectivity index (χ3v) is 3.18. The molecule has 114 valence electrons. The number of aliphatic hydroxyl groups excluding tert-OH is 1. The van der Waals surface area contributed by atoms with E-state index in [-0.39, 0.29) is 11.1 Å². The Labute approximate surface area is 121 Å². The first-order valence-corrected chi connectivity index (χ1v) is 6.26. The normalized spacial score (nSPS) is 13.5. The Kier molecular flexibility index (Phi) is 3.37. The highest BCUT2D eigenvalue weighted by molar-refractivity contribution is 5.72. The number of nitrogens with zero attached hydrogens (tertiary/aromatic N) is 1. The molecule has 1 N–H and O–H groups in total. The van der Waals surface area contributed by atoms with E-state index in [0.717, 1.165) is 12.1 Å². The molecule has 1 heterocycles. The Morgan fingerprint density at radius 1 is 1.09 bits per heavy atom. The van der Waals surface area contributed by atoms with Crippen LogP contribution in [-0.4, -0.2) is 10.1 Å². The Morgan fingerprint density at radius 3 is 2.50 bits per heavy atom. The van der Waals surface area contributed by atoms with E-state index in [1.54, 1.807) is 12.1 Å². The molecular formula is C15H9F4NO2.